The Balaban J connectivity index is 2.32. The molecule has 0 aliphatic carbocycles. The number of piperidine rings is 1. The molecule has 1 fully saturated rings. The molecular weight excluding hydrogens is 275 g/mol. The average molecular weight is 297 g/mol. The van der Waals surface area contributed by atoms with Gasteiger partial charge in [-0.3, -0.25) is 4.79 Å². The van der Waals surface area contributed by atoms with E-state index >= 15 is 0 Å². The van der Waals surface area contributed by atoms with E-state index in [4.69, 9.17) is 4.74 Å². The SMILES string of the molecule is CC(C)COCCC(=O)N1CCC(O)(C(F)(F)F)CC1. The molecule has 0 bridgehead atoms. The number of ether oxygens (including phenoxy) is 1. The number of nitrogens with zero attached hydrogens (tertiary/aromatic N) is 1. The van der Waals surface area contributed by atoms with Crippen LogP contribution >= 0.6 is 0 Å². The zero-order chi connectivity index (χ0) is 15.4. The highest BCUT2D eigenvalue weighted by Crippen LogP contribution is 2.38. The molecule has 1 heterocycles. The molecule has 1 amide bonds. The molecule has 1 aliphatic rings. The summed E-state index contributed by atoms with van der Waals surface area (Å²) in [5, 5.41) is 9.49. The topological polar surface area (TPSA) is 49.8 Å². The normalized spacial score (nSPS) is 19.4. The maximum atomic E-state index is 12.6. The molecule has 0 saturated carbocycles. The minimum absolute atomic E-state index is 0.0704. The van der Waals surface area contributed by atoms with Crippen LogP contribution in [-0.4, -0.2) is 54.0 Å². The van der Waals surface area contributed by atoms with Crippen LogP contribution in [0.1, 0.15) is 33.1 Å². The lowest BCUT2D eigenvalue weighted by Crippen LogP contribution is -2.54. The number of hydrogen-bond donors (Lipinski definition) is 1. The summed E-state index contributed by atoms with van der Waals surface area (Å²) >= 11 is 0. The van der Waals surface area contributed by atoms with Crippen molar-refractivity contribution in [3.8, 4) is 0 Å². The van der Waals surface area contributed by atoms with Crippen LogP contribution in [0.15, 0.2) is 0 Å². The van der Waals surface area contributed by atoms with Crippen LogP contribution in [0.3, 0.4) is 0 Å². The fourth-order valence-corrected chi connectivity index (χ4v) is 2.05. The van der Waals surface area contributed by atoms with Crippen LogP contribution in [0.25, 0.3) is 0 Å². The molecular formula is C13H22F3NO3. The summed E-state index contributed by atoms with van der Waals surface area (Å²) in [6.07, 6.45) is -5.40. The molecule has 1 rings (SSSR count). The fraction of sp³-hybridized carbons (Fsp3) is 0.923. The van der Waals surface area contributed by atoms with E-state index in [1.54, 1.807) is 0 Å². The molecule has 7 heteroatoms. The molecule has 0 aromatic rings. The predicted molar refractivity (Wildman–Crippen MR) is 67.1 cm³/mol. The van der Waals surface area contributed by atoms with E-state index < -0.39 is 24.6 Å². The highest BCUT2D eigenvalue weighted by Gasteiger charge is 2.54. The molecule has 1 saturated heterocycles. The number of carbonyl (C=O) groups is 1. The number of carbonyl (C=O) groups excluding carboxylic acids is 1. The smallest absolute Gasteiger partial charge is 0.381 e. The van der Waals surface area contributed by atoms with Gasteiger partial charge in [0.25, 0.3) is 0 Å². The Morgan fingerprint density at radius 3 is 2.35 bits per heavy atom. The Morgan fingerprint density at radius 1 is 1.35 bits per heavy atom. The highest BCUT2D eigenvalue weighted by atomic mass is 19.4. The Labute approximate surface area is 116 Å². The van der Waals surface area contributed by atoms with Gasteiger partial charge in [0.1, 0.15) is 0 Å². The second kappa shape index (κ2) is 6.76. The van der Waals surface area contributed by atoms with Crippen molar-refractivity contribution in [3.05, 3.63) is 0 Å². The lowest BCUT2D eigenvalue weighted by atomic mass is 9.90. The van der Waals surface area contributed by atoms with Crippen LogP contribution in [0.4, 0.5) is 13.2 Å². The molecule has 0 radical (unpaired) electrons. The summed E-state index contributed by atoms with van der Waals surface area (Å²) in [6.45, 7) is 4.67. The Morgan fingerprint density at radius 2 is 1.90 bits per heavy atom. The van der Waals surface area contributed by atoms with Crippen molar-refractivity contribution in [1.29, 1.82) is 0 Å². The van der Waals surface area contributed by atoms with Crippen molar-refractivity contribution in [2.45, 2.75) is 44.9 Å². The van der Waals surface area contributed by atoms with Gasteiger partial charge in [-0.2, -0.15) is 13.2 Å². The van der Waals surface area contributed by atoms with Crippen molar-refractivity contribution in [3.63, 3.8) is 0 Å². The highest BCUT2D eigenvalue weighted by molar-refractivity contribution is 5.76. The average Bonchev–Trinajstić information content (AvgIpc) is 2.33. The lowest BCUT2D eigenvalue weighted by molar-refractivity contribution is -0.272. The standard InChI is InChI=1S/C13H22F3NO3/c1-10(2)9-20-8-3-11(18)17-6-4-12(19,5-7-17)13(14,15)16/h10,19H,3-9H2,1-2H3. The summed E-state index contributed by atoms with van der Waals surface area (Å²) < 4.78 is 43.1. The quantitative estimate of drug-likeness (QED) is 0.789. The van der Waals surface area contributed by atoms with Crippen LogP contribution < -0.4 is 0 Å². The van der Waals surface area contributed by atoms with Crippen molar-refractivity contribution >= 4 is 5.91 Å². The van der Waals surface area contributed by atoms with E-state index in [1.807, 2.05) is 13.8 Å². The van der Waals surface area contributed by atoms with Gasteiger partial charge in [-0.25, -0.2) is 0 Å². The van der Waals surface area contributed by atoms with Crippen molar-refractivity contribution < 1.29 is 27.8 Å². The first-order valence-electron chi connectivity index (χ1n) is 6.80. The molecule has 0 atom stereocenters. The van der Waals surface area contributed by atoms with E-state index in [9.17, 15) is 23.1 Å². The molecule has 4 nitrogen and oxygen atoms in total. The third kappa shape index (κ3) is 4.63. The Bertz CT molecular complexity index is 323. The van der Waals surface area contributed by atoms with Crippen LogP contribution in [0.2, 0.25) is 0 Å². The molecule has 0 unspecified atom stereocenters. The second-order valence-electron chi connectivity index (χ2n) is 5.63. The summed E-state index contributed by atoms with van der Waals surface area (Å²) in [5.74, 6) is 0.153. The van der Waals surface area contributed by atoms with Crippen LogP contribution in [0, 0.1) is 5.92 Å². The predicted octanol–water partition coefficient (Wildman–Crippen LogP) is 1.96. The van der Waals surface area contributed by atoms with E-state index in [-0.39, 0.29) is 32.0 Å². The Hall–Kier alpha value is -0.820. The maximum absolute atomic E-state index is 12.6. The number of halogens is 3. The monoisotopic (exact) mass is 297 g/mol. The van der Waals surface area contributed by atoms with E-state index in [0.29, 0.717) is 12.5 Å². The molecule has 0 aromatic carbocycles. The van der Waals surface area contributed by atoms with Crippen LogP contribution in [-0.2, 0) is 9.53 Å². The minimum Gasteiger partial charge on any atom is -0.381 e. The third-order valence-electron chi connectivity index (χ3n) is 3.38. The maximum Gasteiger partial charge on any atom is 0.417 e. The molecule has 0 spiro atoms. The van der Waals surface area contributed by atoms with Gasteiger partial charge in [-0.15, -0.1) is 0 Å². The van der Waals surface area contributed by atoms with Gasteiger partial charge >= 0.3 is 6.18 Å². The van der Waals surface area contributed by atoms with Gasteiger partial charge in [-0.1, -0.05) is 13.8 Å². The molecule has 118 valence electrons. The van der Waals surface area contributed by atoms with Gasteiger partial charge in [0.15, 0.2) is 5.60 Å². The first-order chi connectivity index (χ1) is 9.16. The van der Waals surface area contributed by atoms with Gasteiger partial charge in [-0.05, 0) is 5.92 Å². The zero-order valence-electron chi connectivity index (χ0n) is 11.9. The van der Waals surface area contributed by atoms with Gasteiger partial charge in [0, 0.05) is 32.5 Å². The van der Waals surface area contributed by atoms with Crippen molar-refractivity contribution in [1.82, 2.24) is 4.90 Å². The molecule has 0 aromatic heterocycles. The van der Waals surface area contributed by atoms with Gasteiger partial charge in [0.05, 0.1) is 13.0 Å². The second-order valence-corrected chi connectivity index (χ2v) is 5.63. The summed E-state index contributed by atoms with van der Waals surface area (Å²) in [4.78, 5) is 13.1. The summed E-state index contributed by atoms with van der Waals surface area (Å²) in [6, 6.07) is 0. The van der Waals surface area contributed by atoms with Crippen LogP contribution in [0.5, 0.6) is 0 Å². The Kier molecular flexibility index (Phi) is 5.82. The van der Waals surface area contributed by atoms with E-state index in [1.165, 1.54) is 4.90 Å². The number of hydrogen-bond acceptors (Lipinski definition) is 3. The summed E-state index contributed by atoms with van der Waals surface area (Å²) in [5.41, 5.74) is -2.65. The van der Waals surface area contributed by atoms with Crippen molar-refractivity contribution in [2.24, 2.45) is 5.92 Å². The molecule has 20 heavy (non-hydrogen) atoms. The zero-order valence-corrected chi connectivity index (χ0v) is 11.9. The third-order valence-corrected chi connectivity index (χ3v) is 3.38. The summed E-state index contributed by atoms with van der Waals surface area (Å²) in [7, 11) is 0. The van der Waals surface area contributed by atoms with E-state index in [0.717, 1.165) is 0 Å². The number of alkyl halides is 3. The number of amides is 1. The fourth-order valence-electron chi connectivity index (χ4n) is 2.05. The van der Waals surface area contributed by atoms with Gasteiger partial charge < -0.3 is 14.7 Å². The van der Waals surface area contributed by atoms with Gasteiger partial charge in [0.2, 0.25) is 5.91 Å². The minimum atomic E-state index is -4.64. The van der Waals surface area contributed by atoms with Crippen molar-refractivity contribution in [2.75, 3.05) is 26.3 Å². The first-order valence-corrected chi connectivity index (χ1v) is 6.80. The number of likely N-dealkylation sites (tertiary alicyclic amines) is 1. The molecule has 1 N–H and O–H groups in total. The lowest BCUT2D eigenvalue weighted by Gasteiger charge is -2.39. The van der Waals surface area contributed by atoms with E-state index in [2.05, 4.69) is 0 Å². The first kappa shape index (κ1) is 17.2. The largest absolute Gasteiger partial charge is 0.417 e. The number of aliphatic hydroxyl groups is 1. The molecule has 1 aliphatic heterocycles. The number of rotatable bonds is 5.